The number of anilines is 2. The number of carbonyl (C=O) groups excluding carboxylic acids is 2. The van der Waals surface area contributed by atoms with Crippen molar-refractivity contribution in [2.24, 2.45) is 5.92 Å². The average Bonchev–Trinajstić information content (AvgIpc) is 3.21. The van der Waals surface area contributed by atoms with Gasteiger partial charge in [0.25, 0.3) is 0 Å². The van der Waals surface area contributed by atoms with E-state index in [9.17, 15) is 14.0 Å². The zero-order chi connectivity index (χ0) is 23.4. The van der Waals surface area contributed by atoms with E-state index in [-0.39, 0.29) is 37.2 Å². The van der Waals surface area contributed by atoms with Gasteiger partial charge in [-0.15, -0.1) is 0 Å². The van der Waals surface area contributed by atoms with Gasteiger partial charge < -0.3 is 9.64 Å². The first-order valence-electron chi connectivity index (χ1n) is 10.2. The normalized spacial score (nSPS) is 15.4. The predicted octanol–water partition coefficient (Wildman–Crippen LogP) is 5.21. The number of amides is 2. The predicted molar refractivity (Wildman–Crippen MR) is 126 cm³/mol. The minimum Gasteiger partial charge on any atom is -0.487 e. The van der Waals surface area contributed by atoms with Gasteiger partial charge in [-0.2, -0.15) is 0 Å². The van der Waals surface area contributed by atoms with Crippen molar-refractivity contribution in [3.8, 4) is 5.75 Å². The van der Waals surface area contributed by atoms with Crippen LogP contribution in [0.15, 0.2) is 66.7 Å². The molecule has 33 heavy (non-hydrogen) atoms. The summed E-state index contributed by atoms with van der Waals surface area (Å²) in [7, 11) is 0. The van der Waals surface area contributed by atoms with E-state index in [1.807, 2.05) is 12.1 Å². The highest BCUT2D eigenvalue weighted by molar-refractivity contribution is 6.42. The Kier molecular flexibility index (Phi) is 7.01. The third-order valence-corrected chi connectivity index (χ3v) is 5.96. The van der Waals surface area contributed by atoms with Gasteiger partial charge in [-0.1, -0.05) is 41.4 Å². The molecule has 2 N–H and O–H groups in total. The molecular weight excluding hydrogens is 468 g/mol. The van der Waals surface area contributed by atoms with Crippen molar-refractivity contribution in [1.29, 1.82) is 0 Å². The Morgan fingerprint density at radius 2 is 1.82 bits per heavy atom. The molecule has 0 saturated carbocycles. The molecule has 4 rings (SSSR count). The number of ether oxygens (including phenoxy) is 1. The summed E-state index contributed by atoms with van der Waals surface area (Å²) >= 11 is 12.0. The van der Waals surface area contributed by atoms with E-state index in [0.717, 1.165) is 5.56 Å². The van der Waals surface area contributed by atoms with Crippen molar-refractivity contribution in [3.63, 3.8) is 0 Å². The summed E-state index contributed by atoms with van der Waals surface area (Å²) in [4.78, 5) is 26.5. The zero-order valence-corrected chi connectivity index (χ0v) is 18.9. The molecule has 6 nitrogen and oxygen atoms in total. The van der Waals surface area contributed by atoms with Crippen molar-refractivity contribution >= 4 is 46.4 Å². The summed E-state index contributed by atoms with van der Waals surface area (Å²) in [6.45, 7) is 0.473. The Morgan fingerprint density at radius 3 is 2.58 bits per heavy atom. The third-order valence-electron chi connectivity index (χ3n) is 5.22. The maximum absolute atomic E-state index is 13.2. The van der Waals surface area contributed by atoms with E-state index in [1.54, 1.807) is 30.3 Å². The van der Waals surface area contributed by atoms with E-state index < -0.39 is 5.92 Å². The Hall–Kier alpha value is -3.29. The van der Waals surface area contributed by atoms with Gasteiger partial charge in [0.2, 0.25) is 11.8 Å². The lowest BCUT2D eigenvalue weighted by atomic mass is 10.1. The highest BCUT2D eigenvalue weighted by Crippen LogP contribution is 2.28. The van der Waals surface area contributed by atoms with Crippen LogP contribution in [0.1, 0.15) is 12.0 Å². The Morgan fingerprint density at radius 1 is 1.06 bits per heavy atom. The summed E-state index contributed by atoms with van der Waals surface area (Å²) in [5.41, 5.74) is 7.49. The minimum absolute atomic E-state index is 0.0698. The molecule has 1 atom stereocenters. The van der Waals surface area contributed by atoms with Crippen LogP contribution in [0.25, 0.3) is 0 Å². The lowest BCUT2D eigenvalue weighted by Crippen LogP contribution is -2.36. The fourth-order valence-electron chi connectivity index (χ4n) is 3.47. The molecule has 1 heterocycles. The number of benzene rings is 3. The number of carbonyl (C=O) groups is 2. The zero-order valence-electron chi connectivity index (χ0n) is 17.4. The van der Waals surface area contributed by atoms with Crippen LogP contribution in [0.4, 0.5) is 15.8 Å². The number of nitrogens with zero attached hydrogens (tertiary/aromatic N) is 1. The summed E-state index contributed by atoms with van der Waals surface area (Å²) in [5, 5.41) is 0.908. The highest BCUT2D eigenvalue weighted by Gasteiger charge is 2.35. The first kappa shape index (κ1) is 22.9. The van der Waals surface area contributed by atoms with Crippen LogP contribution in [0.3, 0.4) is 0 Å². The van der Waals surface area contributed by atoms with Gasteiger partial charge in [-0.3, -0.25) is 20.4 Å². The van der Waals surface area contributed by atoms with Gasteiger partial charge in [-0.25, -0.2) is 4.39 Å². The smallest absolute Gasteiger partial charge is 0.243 e. The minimum atomic E-state index is -0.542. The van der Waals surface area contributed by atoms with Crippen molar-refractivity contribution in [2.75, 3.05) is 16.9 Å². The van der Waals surface area contributed by atoms with Crippen molar-refractivity contribution < 1.29 is 18.7 Å². The number of hydrazine groups is 1. The van der Waals surface area contributed by atoms with Gasteiger partial charge in [0.05, 0.1) is 21.7 Å². The molecule has 3 aromatic carbocycles. The third kappa shape index (κ3) is 5.56. The average molecular weight is 488 g/mol. The van der Waals surface area contributed by atoms with Gasteiger partial charge >= 0.3 is 0 Å². The summed E-state index contributed by atoms with van der Waals surface area (Å²) in [6.07, 6.45) is 0.0698. The molecule has 0 aliphatic carbocycles. The van der Waals surface area contributed by atoms with Crippen molar-refractivity contribution in [2.45, 2.75) is 13.0 Å². The van der Waals surface area contributed by atoms with E-state index in [2.05, 4.69) is 10.9 Å². The Labute approximate surface area is 200 Å². The lowest BCUT2D eigenvalue weighted by molar-refractivity contribution is -0.125. The van der Waals surface area contributed by atoms with E-state index in [0.29, 0.717) is 27.2 Å². The van der Waals surface area contributed by atoms with Gasteiger partial charge in [0.15, 0.2) is 0 Å². The molecule has 0 radical (unpaired) electrons. The Bertz CT molecular complexity index is 1170. The molecular formula is C24H20Cl2FN3O3. The summed E-state index contributed by atoms with van der Waals surface area (Å²) in [5.74, 6) is -0.915. The van der Waals surface area contributed by atoms with Crippen LogP contribution in [-0.4, -0.2) is 18.4 Å². The first-order valence-corrected chi connectivity index (χ1v) is 10.9. The number of para-hydroxylation sites is 2. The fraction of sp³-hybridized carbons (Fsp3) is 0.167. The number of hydrogen-bond acceptors (Lipinski definition) is 4. The van der Waals surface area contributed by atoms with Crippen LogP contribution < -0.4 is 20.5 Å². The molecule has 0 spiro atoms. The molecule has 0 bridgehead atoms. The SMILES string of the molecule is O=C(NNc1ccccc1OCc1ccc(Cl)c(Cl)c1)[C@@H]1CC(=O)N(c2ccc(F)cc2)C1. The quantitative estimate of drug-likeness (QED) is 0.449. The molecule has 3 aromatic rings. The van der Waals surface area contributed by atoms with E-state index in [4.69, 9.17) is 27.9 Å². The maximum atomic E-state index is 13.2. The molecule has 1 saturated heterocycles. The van der Waals surface area contributed by atoms with Gasteiger partial charge in [-0.05, 0) is 54.1 Å². The molecule has 1 aliphatic heterocycles. The van der Waals surface area contributed by atoms with E-state index in [1.165, 1.54) is 29.2 Å². The second-order valence-corrected chi connectivity index (χ2v) is 8.34. The van der Waals surface area contributed by atoms with Crippen LogP contribution in [0.2, 0.25) is 10.0 Å². The largest absolute Gasteiger partial charge is 0.487 e. The van der Waals surface area contributed by atoms with Gasteiger partial charge in [0.1, 0.15) is 18.2 Å². The molecule has 1 fully saturated rings. The Balaban J connectivity index is 1.35. The van der Waals surface area contributed by atoms with Crippen molar-refractivity contribution in [3.05, 3.63) is 88.2 Å². The fourth-order valence-corrected chi connectivity index (χ4v) is 3.79. The topological polar surface area (TPSA) is 70.7 Å². The summed E-state index contributed by atoms with van der Waals surface area (Å²) < 4.78 is 19.0. The van der Waals surface area contributed by atoms with Crippen LogP contribution in [0, 0.1) is 11.7 Å². The second kappa shape index (κ2) is 10.1. The van der Waals surface area contributed by atoms with E-state index >= 15 is 0 Å². The molecule has 0 aromatic heterocycles. The molecule has 0 unspecified atom stereocenters. The van der Waals surface area contributed by atoms with Gasteiger partial charge in [0, 0.05) is 18.7 Å². The van der Waals surface area contributed by atoms with Crippen LogP contribution in [0.5, 0.6) is 5.75 Å². The first-order chi connectivity index (χ1) is 15.9. The maximum Gasteiger partial charge on any atom is 0.243 e. The standard InChI is InChI=1S/C24H20Cl2FN3O3/c25-19-10-5-15(11-20(19)26)14-33-22-4-2-1-3-21(22)28-29-24(32)16-12-23(31)30(13-16)18-8-6-17(27)7-9-18/h1-11,16,28H,12-14H2,(H,29,32)/t16-/m1/s1. The van der Waals surface area contributed by atoms with Crippen LogP contribution in [-0.2, 0) is 16.2 Å². The molecule has 9 heteroatoms. The molecule has 1 aliphatic rings. The monoisotopic (exact) mass is 487 g/mol. The summed E-state index contributed by atoms with van der Waals surface area (Å²) in [6, 6.07) is 18.0. The number of hydrogen-bond donors (Lipinski definition) is 2. The highest BCUT2D eigenvalue weighted by atomic mass is 35.5. The lowest BCUT2D eigenvalue weighted by Gasteiger charge is -2.17. The second-order valence-electron chi connectivity index (χ2n) is 7.53. The molecule has 2 amide bonds. The number of rotatable bonds is 7. The molecule has 170 valence electrons. The number of nitrogens with one attached hydrogen (secondary N) is 2. The number of halogens is 3. The van der Waals surface area contributed by atoms with Crippen LogP contribution >= 0.6 is 23.2 Å². The van der Waals surface area contributed by atoms with Crippen molar-refractivity contribution in [1.82, 2.24) is 5.43 Å².